The van der Waals surface area contributed by atoms with E-state index in [1.165, 1.54) is 4.90 Å². The SMILES string of the molecule is CCCN(CC(=O)O)C(=O)C(C)Oc1ccc(OC)cc1. The summed E-state index contributed by atoms with van der Waals surface area (Å²) in [5.41, 5.74) is 0. The monoisotopic (exact) mass is 295 g/mol. The molecule has 0 radical (unpaired) electrons. The number of hydrogen-bond donors (Lipinski definition) is 1. The van der Waals surface area contributed by atoms with Gasteiger partial charge in [-0.3, -0.25) is 9.59 Å². The average Bonchev–Trinajstić information content (AvgIpc) is 2.46. The van der Waals surface area contributed by atoms with Crippen molar-refractivity contribution in [2.24, 2.45) is 0 Å². The van der Waals surface area contributed by atoms with Crippen molar-refractivity contribution in [1.82, 2.24) is 4.90 Å². The maximum absolute atomic E-state index is 12.2. The maximum Gasteiger partial charge on any atom is 0.323 e. The lowest BCUT2D eigenvalue weighted by molar-refractivity contribution is -0.147. The molecule has 0 fully saturated rings. The second-order valence-electron chi connectivity index (χ2n) is 4.59. The summed E-state index contributed by atoms with van der Waals surface area (Å²) in [4.78, 5) is 24.3. The average molecular weight is 295 g/mol. The zero-order valence-electron chi connectivity index (χ0n) is 12.5. The third kappa shape index (κ3) is 5.33. The van der Waals surface area contributed by atoms with Gasteiger partial charge in [0.2, 0.25) is 0 Å². The van der Waals surface area contributed by atoms with Crippen LogP contribution in [0.25, 0.3) is 0 Å². The van der Waals surface area contributed by atoms with Gasteiger partial charge in [-0.15, -0.1) is 0 Å². The lowest BCUT2D eigenvalue weighted by Gasteiger charge is -2.24. The molecule has 0 saturated heterocycles. The van der Waals surface area contributed by atoms with Gasteiger partial charge < -0.3 is 19.5 Å². The van der Waals surface area contributed by atoms with Crippen LogP contribution in [0.1, 0.15) is 20.3 Å². The molecule has 6 nitrogen and oxygen atoms in total. The smallest absolute Gasteiger partial charge is 0.323 e. The molecule has 0 aliphatic carbocycles. The zero-order valence-corrected chi connectivity index (χ0v) is 12.5. The predicted molar refractivity (Wildman–Crippen MR) is 77.6 cm³/mol. The second kappa shape index (κ2) is 8.14. The number of carboxylic acid groups (broad SMARTS) is 1. The van der Waals surface area contributed by atoms with Crippen LogP contribution in [0.4, 0.5) is 0 Å². The fourth-order valence-corrected chi connectivity index (χ4v) is 1.87. The van der Waals surface area contributed by atoms with E-state index in [1.54, 1.807) is 38.3 Å². The Bertz CT molecular complexity index is 471. The molecule has 0 spiro atoms. The number of benzene rings is 1. The molecule has 0 bridgehead atoms. The minimum Gasteiger partial charge on any atom is -0.497 e. The number of carbonyl (C=O) groups is 2. The van der Waals surface area contributed by atoms with Crippen LogP contribution >= 0.6 is 0 Å². The normalized spacial score (nSPS) is 11.6. The number of ether oxygens (including phenoxy) is 2. The molecule has 0 aliphatic heterocycles. The summed E-state index contributed by atoms with van der Waals surface area (Å²) in [6, 6.07) is 6.86. The standard InChI is InChI=1S/C15H21NO5/c1-4-9-16(10-14(17)18)15(19)11(2)21-13-7-5-12(20-3)6-8-13/h5-8,11H,4,9-10H2,1-3H3,(H,17,18). The summed E-state index contributed by atoms with van der Waals surface area (Å²) in [5, 5.41) is 8.84. The summed E-state index contributed by atoms with van der Waals surface area (Å²) in [5.74, 6) is -0.147. The molecule has 21 heavy (non-hydrogen) atoms. The Balaban J connectivity index is 2.68. The molecule has 0 aliphatic rings. The summed E-state index contributed by atoms with van der Waals surface area (Å²) >= 11 is 0. The lowest BCUT2D eigenvalue weighted by atomic mass is 10.3. The molecule has 6 heteroatoms. The summed E-state index contributed by atoms with van der Waals surface area (Å²) < 4.78 is 10.6. The number of amides is 1. The van der Waals surface area contributed by atoms with Gasteiger partial charge in [0, 0.05) is 6.54 Å². The fourth-order valence-electron chi connectivity index (χ4n) is 1.87. The van der Waals surface area contributed by atoms with Crippen LogP contribution in [-0.4, -0.2) is 48.2 Å². The molecule has 0 saturated carbocycles. The highest BCUT2D eigenvalue weighted by molar-refractivity contribution is 5.84. The van der Waals surface area contributed by atoms with E-state index in [4.69, 9.17) is 14.6 Å². The molecule has 116 valence electrons. The van der Waals surface area contributed by atoms with E-state index >= 15 is 0 Å². The van der Waals surface area contributed by atoms with Crippen molar-refractivity contribution >= 4 is 11.9 Å². The van der Waals surface area contributed by atoms with E-state index in [-0.39, 0.29) is 12.5 Å². The molecule has 1 aromatic rings. The largest absolute Gasteiger partial charge is 0.497 e. The van der Waals surface area contributed by atoms with Crippen molar-refractivity contribution in [1.29, 1.82) is 0 Å². The number of carboxylic acids is 1. The van der Waals surface area contributed by atoms with Crippen LogP contribution in [0.2, 0.25) is 0 Å². The second-order valence-corrected chi connectivity index (χ2v) is 4.59. The number of rotatable bonds is 8. The summed E-state index contributed by atoms with van der Waals surface area (Å²) in [6.45, 7) is 3.57. The first-order chi connectivity index (χ1) is 9.97. The van der Waals surface area contributed by atoms with E-state index in [2.05, 4.69) is 0 Å². The lowest BCUT2D eigenvalue weighted by Crippen LogP contribution is -2.43. The Morgan fingerprint density at radius 3 is 2.29 bits per heavy atom. The number of aliphatic carboxylic acids is 1. The van der Waals surface area contributed by atoms with Crippen LogP contribution in [0.15, 0.2) is 24.3 Å². The van der Waals surface area contributed by atoms with Crippen LogP contribution in [0.3, 0.4) is 0 Å². The van der Waals surface area contributed by atoms with E-state index < -0.39 is 12.1 Å². The molecule has 1 N–H and O–H groups in total. The molecular formula is C15H21NO5. The molecule has 1 unspecified atom stereocenters. The highest BCUT2D eigenvalue weighted by Crippen LogP contribution is 2.18. The van der Waals surface area contributed by atoms with Crippen LogP contribution in [-0.2, 0) is 9.59 Å². The van der Waals surface area contributed by atoms with Gasteiger partial charge >= 0.3 is 5.97 Å². The van der Waals surface area contributed by atoms with E-state index in [1.807, 2.05) is 6.92 Å². The Kier molecular flexibility index (Phi) is 6.52. The summed E-state index contributed by atoms with van der Waals surface area (Å²) in [7, 11) is 1.57. The van der Waals surface area contributed by atoms with Crippen molar-refractivity contribution in [3.63, 3.8) is 0 Å². The van der Waals surface area contributed by atoms with Gasteiger partial charge in [0.15, 0.2) is 6.10 Å². The molecular weight excluding hydrogens is 274 g/mol. The van der Waals surface area contributed by atoms with E-state index in [0.717, 1.165) is 0 Å². The maximum atomic E-state index is 12.2. The van der Waals surface area contributed by atoms with E-state index in [9.17, 15) is 9.59 Å². The van der Waals surface area contributed by atoms with Crippen molar-refractivity contribution in [2.75, 3.05) is 20.2 Å². The van der Waals surface area contributed by atoms with Crippen molar-refractivity contribution < 1.29 is 24.2 Å². The third-order valence-electron chi connectivity index (χ3n) is 2.85. The van der Waals surface area contributed by atoms with Gasteiger partial charge in [0.1, 0.15) is 18.0 Å². The molecule has 1 atom stereocenters. The topological polar surface area (TPSA) is 76.1 Å². The van der Waals surface area contributed by atoms with Gasteiger partial charge in [-0.1, -0.05) is 6.92 Å². The van der Waals surface area contributed by atoms with Gasteiger partial charge in [0.25, 0.3) is 5.91 Å². The number of nitrogens with zero attached hydrogens (tertiary/aromatic N) is 1. The van der Waals surface area contributed by atoms with Gasteiger partial charge in [-0.05, 0) is 37.6 Å². The minimum atomic E-state index is -1.03. The van der Waals surface area contributed by atoms with E-state index in [0.29, 0.717) is 24.5 Å². The Labute approximate surface area is 124 Å². The molecule has 1 amide bonds. The predicted octanol–water partition coefficient (Wildman–Crippen LogP) is 1.79. The first-order valence-electron chi connectivity index (χ1n) is 6.79. The van der Waals surface area contributed by atoms with Gasteiger partial charge in [-0.25, -0.2) is 0 Å². The number of carbonyl (C=O) groups excluding carboxylic acids is 1. The van der Waals surface area contributed by atoms with Crippen LogP contribution < -0.4 is 9.47 Å². The molecule has 1 rings (SSSR count). The summed E-state index contributed by atoms with van der Waals surface area (Å²) in [6.07, 6.45) is -0.0573. The van der Waals surface area contributed by atoms with Crippen molar-refractivity contribution in [2.45, 2.75) is 26.4 Å². The Morgan fingerprint density at radius 1 is 1.24 bits per heavy atom. The Morgan fingerprint density at radius 2 is 1.81 bits per heavy atom. The third-order valence-corrected chi connectivity index (χ3v) is 2.85. The minimum absolute atomic E-state index is 0.316. The first kappa shape index (κ1) is 16.8. The quantitative estimate of drug-likeness (QED) is 0.791. The molecule has 0 aromatic heterocycles. The van der Waals surface area contributed by atoms with Crippen molar-refractivity contribution in [3.8, 4) is 11.5 Å². The van der Waals surface area contributed by atoms with Crippen LogP contribution in [0, 0.1) is 0 Å². The molecule has 0 heterocycles. The van der Waals surface area contributed by atoms with Gasteiger partial charge in [-0.2, -0.15) is 0 Å². The highest BCUT2D eigenvalue weighted by Gasteiger charge is 2.23. The Hall–Kier alpha value is -2.24. The van der Waals surface area contributed by atoms with Gasteiger partial charge in [0.05, 0.1) is 7.11 Å². The highest BCUT2D eigenvalue weighted by atomic mass is 16.5. The first-order valence-corrected chi connectivity index (χ1v) is 6.79. The fraction of sp³-hybridized carbons (Fsp3) is 0.467. The zero-order chi connectivity index (χ0) is 15.8. The molecule has 1 aromatic carbocycles. The number of hydrogen-bond acceptors (Lipinski definition) is 4. The van der Waals surface area contributed by atoms with Crippen LogP contribution in [0.5, 0.6) is 11.5 Å². The number of methoxy groups -OCH3 is 1. The van der Waals surface area contributed by atoms with Crippen molar-refractivity contribution in [3.05, 3.63) is 24.3 Å².